The number of carbonyl (C=O) groups is 2. The van der Waals surface area contributed by atoms with E-state index in [-0.39, 0.29) is 18.4 Å². The topological polar surface area (TPSA) is 78.2 Å². The Kier molecular flexibility index (Phi) is 7.82. The molecule has 0 atom stereocenters. The third-order valence-corrected chi connectivity index (χ3v) is 8.43. The Morgan fingerprint density at radius 2 is 1.60 bits per heavy atom. The van der Waals surface area contributed by atoms with Crippen LogP contribution in [0, 0.1) is 6.92 Å². The zero-order chi connectivity index (χ0) is 29.2. The van der Waals surface area contributed by atoms with Crippen LogP contribution in [0.3, 0.4) is 0 Å². The van der Waals surface area contributed by atoms with Gasteiger partial charge in [0, 0.05) is 55.2 Å². The summed E-state index contributed by atoms with van der Waals surface area (Å²) in [7, 11) is 1.63. The third kappa shape index (κ3) is 5.19. The molecular weight excluding hydrogens is 528 g/mol. The number of benzene rings is 3. The van der Waals surface area contributed by atoms with Gasteiger partial charge < -0.3 is 24.2 Å². The summed E-state index contributed by atoms with van der Waals surface area (Å²) in [5.74, 6) is 0.520. The van der Waals surface area contributed by atoms with Crippen molar-refractivity contribution >= 4 is 17.5 Å². The Morgan fingerprint density at radius 3 is 2.36 bits per heavy atom. The number of rotatable bonds is 6. The van der Waals surface area contributed by atoms with Gasteiger partial charge in [0.25, 0.3) is 11.8 Å². The van der Waals surface area contributed by atoms with Gasteiger partial charge in [-0.2, -0.15) is 0 Å². The minimum absolute atomic E-state index is 0.00122. The van der Waals surface area contributed by atoms with E-state index in [0.29, 0.717) is 49.7 Å². The summed E-state index contributed by atoms with van der Waals surface area (Å²) >= 11 is 0. The Bertz CT molecular complexity index is 1620. The first kappa shape index (κ1) is 27.8. The van der Waals surface area contributed by atoms with E-state index in [9.17, 15) is 14.7 Å². The predicted octanol–water partition coefficient (Wildman–Crippen LogP) is 4.43. The molecule has 0 spiro atoms. The van der Waals surface area contributed by atoms with E-state index in [1.54, 1.807) is 12.0 Å². The van der Waals surface area contributed by atoms with Crippen LogP contribution in [-0.2, 0) is 13.1 Å². The number of β-amino-alcohol motifs (C(OH)–C–C–N with tert-alkyl or cyclic N) is 1. The molecule has 216 valence electrons. The van der Waals surface area contributed by atoms with Gasteiger partial charge in [0.2, 0.25) is 0 Å². The average molecular weight is 565 g/mol. The number of ether oxygens (including phenoxy) is 1. The van der Waals surface area contributed by atoms with E-state index in [2.05, 4.69) is 28.5 Å². The molecule has 3 heterocycles. The highest BCUT2D eigenvalue weighted by atomic mass is 16.5. The lowest BCUT2D eigenvalue weighted by Crippen LogP contribution is -2.49. The normalized spacial score (nSPS) is 15.1. The van der Waals surface area contributed by atoms with Crippen LogP contribution >= 0.6 is 0 Å². The van der Waals surface area contributed by atoms with Crippen LogP contribution in [0.2, 0.25) is 0 Å². The SMILES string of the molecule is COc1cc(C(=O)N2Cc3ccc(C(=O)N4CCN(CCO)CC4)n3Cc3ccccc32)ccc1-c1ccccc1C. The fraction of sp³-hybridized carbons (Fsp3) is 0.294. The molecule has 4 aromatic rings. The molecule has 0 radical (unpaired) electrons. The first-order chi connectivity index (χ1) is 20.5. The molecule has 3 aromatic carbocycles. The maximum Gasteiger partial charge on any atom is 0.270 e. The minimum atomic E-state index is -0.125. The molecule has 1 aromatic heterocycles. The van der Waals surface area contributed by atoms with Crippen molar-refractivity contribution in [3.8, 4) is 16.9 Å². The molecule has 6 rings (SSSR count). The summed E-state index contributed by atoms with van der Waals surface area (Å²) in [5, 5.41) is 9.25. The number of nitrogens with zero attached hydrogens (tertiary/aromatic N) is 4. The Labute approximate surface area is 246 Å². The van der Waals surface area contributed by atoms with Gasteiger partial charge in [-0.15, -0.1) is 0 Å². The van der Waals surface area contributed by atoms with Crippen molar-refractivity contribution in [3.05, 3.63) is 107 Å². The van der Waals surface area contributed by atoms with Crippen LogP contribution in [0.1, 0.15) is 37.7 Å². The van der Waals surface area contributed by atoms with Gasteiger partial charge in [-0.1, -0.05) is 42.5 Å². The largest absolute Gasteiger partial charge is 0.496 e. The molecule has 8 heteroatoms. The summed E-state index contributed by atoms with van der Waals surface area (Å²) in [6.45, 7) is 6.41. The maximum absolute atomic E-state index is 14.1. The fourth-order valence-electron chi connectivity index (χ4n) is 6.08. The number of piperazine rings is 1. The van der Waals surface area contributed by atoms with Gasteiger partial charge in [-0.3, -0.25) is 14.5 Å². The number of fused-ring (bicyclic) bond motifs is 2. The number of aryl methyl sites for hydroxylation is 1. The highest BCUT2D eigenvalue weighted by molar-refractivity contribution is 6.07. The van der Waals surface area contributed by atoms with Gasteiger partial charge in [0.15, 0.2) is 0 Å². The lowest BCUT2D eigenvalue weighted by atomic mass is 9.98. The number of hydrogen-bond acceptors (Lipinski definition) is 5. The Morgan fingerprint density at radius 1 is 0.833 bits per heavy atom. The quantitative estimate of drug-likeness (QED) is 0.375. The number of anilines is 1. The number of carbonyl (C=O) groups excluding carboxylic acids is 2. The number of aliphatic hydroxyl groups is 1. The number of hydrogen-bond donors (Lipinski definition) is 1. The third-order valence-electron chi connectivity index (χ3n) is 8.43. The minimum Gasteiger partial charge on any atom is -0.496 e. The fourth-order valence-corrected chi connectivity index (χ4v) is 6.08. The second-order valence-electron chi connectivity index (χ2n) is 10.9. The van der Waals surface area contributed by atoms with Gasteiger partial charge in [0.05, 0.1) is 26.8 Å². The van der Waals surface area contributed by atoms with Crippen molar-refractivity contribution in [1.82, 2.24) is 14.4 Å². The number of aromatic nitrogens is 1. The maximum atomic E-state index is 14.1. The zero-order valence-electron chi connectivity index (χ0n) is 24.1. The van der Waals surface area contributed by atoms with Crippen LogP contribution < -0.4 is 9.64 Å². The van der Waals surface area contributed by atoms with Crippen molar-refractivity contribution in [2.45, 2.75) is 20.0 Å². The molecule has 0 saturated carbocycles. The first-order valence-electron chi connectivity index (χ1n) is 14.4. The van der Waals surface area contributed by atoms with Crippen molar-refractivity contribution in [2.75, 3.05) is 51.3 Å². The highest BCUT2D eigenvalue weighted by Gasteiger charge is 2.30. The van der Waals surface area contributed by atoms with E-state index in [1.165, 1.54) is 0 Å². The second-order valence-corrected chi connectivity index (χ2v) is 10.9. The monoisotopic (exact) mass is 564 g/mol. The molecule has 42 heavy (non-hydrogen) atoms. The van der Waals surface area contributed by atoms with Crippen LogP contribution in [0.4, 0.5) is 5.69 Å². The molecule has 1 saturated heterocycles. The highest BCUT2D eigenvalue weighted by Crippen LogP contribution is 2.35. The summed E-state index contributed by atoms with van der Waals surface area (Å²) in [6.07, 6.45) is 0. The van der Waals surface area contributed by atoms with E-state index in [0.717, 1.165) is 46.7 Å². The summed E-state index contributed by atoms with van der Waals surface area (Å²) < 4.78 is 7.81. The molecule has 1 fully saturated rings. The van der Waals surface area contributed by atoms with Crippen LogP contribution in [-0.4, -0.2) is 77.7 Å². The van der Waals surface area contributed by atoms with Crippen LogP contribution in [0.25, 0.3) is 11.1 Å². The average Bonchev–Trinajstić information content (AvgIpc) is 3.33. The van der Waals surface area contributed by atoms with Crippen molar-refractivity contribution in [3.63, 3.8) is 0 Å². The summed E-state index contributed by atoms with van der Waals surface area (Å²) in [6, 6.07) is 25.5. The second kappa shape index (κ2) is 11.8. The molecule has 0 unspecified atom stereocenters. The van der Waals surface area contributed by atoms with Crippen LogP contribution in [0.5, 0.6) is 5.75 Å². The lowest BCUT2D eigenvalue weighted by Gasteiger charge is -2.34. The Balaban J connectivity index is 1.31. The molecule has 2 amide bonds. The Hall–Kier alpha value is -4.40. The first-order valence-corrected chi connectivity index (χ1v) is 14.4. The molecule has 2 aliphatic rings. The number of methoxy groups -OCH3 is 1. The van der Waals surface area contributed by atoms with Crippen molar-refractivity contribution < 1.29 is 19.4 Å². The molecule has 0 bridgehead atoms. The summed E-state index contributed by atoms with van der Waals surface area (Å²) in [4.78, 5) is 33.7. The van der Waals surface area contributed by atoms with E-state index >= 15 is 0 Å². The standard InChI is InChI=1S/C34H36N4O4/c1-24-7-3-5-9-28(24)29-13-11-25(21-32(29)42-2)33(40)38-23-27-12-14-31(37(27)22-26-8-4-6-10-30(26)38)34(41)36-17-15-35(16-18-36)19-20-39/h3-14,21,39H,15-20,22-23H2,1-2H3. The molecule has 0 aliphatic carbocycles. The van der Waals surface area contributed by atoms with Gasteiger partial charge in [0.1, 0.15) is 11.4 Å². The predicted molar refractivity (Wildman–Crippen MR) is 163 cm³/mol. The lowest BCUT2D eigenvalue weighted by molar-refractivity contribution is 0.0605. The van der Waals surface area contributed by atoms with Crippen LogP contribution in [0.15, 0.2) is 78.9 Å². The number of para-hydroxylation sites is 1. The smallest absolute Gasteiger partial charge is 0.270 e. The molecular formula is C34H36N4O4. The summed E-state index contributed by atoms with van der Waals surface area (Å²) in [5.41, 5.74) is 7.04. The van der Waals surface area contributed by atoms with Crippen molar-refractivity contribution in [2.24, 2.45) is 0 Å². The van der Waals surface area contributed by atoms with E-state index < -0.39 is 0 Å². The number of aliphatic hydroxyl groups excluding tert-OH is 1. The zero-order valence-corrected chi connectivity index (χ0v) is 24.1. The van der Waals surface area contributed by atoms with E-state index in [4.69, 9.17) is 4.74 Å². The van der Waals surface area contributed by atoms with E-state index in [1.807, 2.05) is 71.6 Å². The van der Waals surface area contributed by atoms with Crippen molar-refractivity contribution in [1.29, 1.82) is 0 Å². The molecule has 2 aliphatic heterocycles. The van der Waals surface area contributed by atoms with Gasteiger partial charge >= 0.3 is 0 Å². The van der Waals surface area contributed by atoms with Gasteiger partial charge in [-0.05, 0) is 60.0 Å². The molecule has 8 nitrogen and oxygen atoms in total. The number of amides is 2. The van der Waals surface area contributed by atoms with Gasteiger partial charge in [-0.25, -0.2) is 0 Å². The molecule has 1 N–H and O–H groups in total.